The summed E-state index contributed by atoms with van der Waals surface area (Å²) in [6, 6.07) is 12.7. The molecule has 0 saturated carbocycles. The van der Waals surface area contributed by atoms with Crippen molar-refractivity contribution in [3.63, 3.8) is 0 Å². The van der Waals surface area contributed by atoms with E-state index in [1.54, 1.807) is 11.8 Å². The Bertz CT molecular complexity index is 506. The fourth-order valence-corrected chi connectivity index (χ4v) is 2.76. The lowest BCUT2D eigenvalue weighted by molar-refractivity contribution is 1.26. The van der Waals surface area contributed by atoms with Gasteiger partial charge in [0.15, 0.2) is 0 Å². The van der Waals surface area contributed by atoms with Gasteiger partial charge in [0.2, 0.25) is 0 Å². The molecule has 2 heteroatoms. The molecule has 0 fully saturated rings. The standard InChI is InChI=1S/C15H17NS/c1-10-4-6-13(7-5-10)17-15-12(3)8-11(2)9-14(15)16/h4-9H,16H2,1-3H3. The summed E-state index contributed by atoms with van der Waals surface area (Å²) < 4.78 is 0. The van der Waals surface area contributed by atoms with E-state index in [0.717, 1.165) is 5.69 Å². The van der Waals surface area contributed by atoms with E-state index >= 15 is 0 Å². The summed E-state index contributed by atoms with van der Waals surface area (Å²) in [6.45, 7) is 6.28. The Labute approximate surface area is 107 Å². The molecule has 0 amide bonds. The van der Waals surface area contributed by atoms with Gasteiger partial charge in [-0.05, 0) is 50.1 Å². The summed E-state index contributed by atoms with van der Waals surface area (Å²) in [5.74, 6) is 0. The largest absolute Gasteiger partial charge is 0.398 e. The Hall–Kier alpha value is -1.41. The van der Waals surface area contributed by atoms with Crippen LogP contribution in [0.4, 0.5) is 5.69 Å². The summed E-state index contributed by atoms with van der Waals surface area (Å²) in [5, 5.41) is 0. The maximum Gasteiger partial charge on any atom is 0.0461 e. The third-order valence-electron chi connectivity index (χ3n) is 2.69. The zero-order valence-electron chi connectivity index (χ0n) is 10.4. The SMILES string of the molecule is Cc1ccc(Sc2c(C)cc(C)cc2N)cc1. The lowest BCUT2D eigenvalue weighted by Crippen LogP contribution is -1.92. The molecule has 0 saturated heterocycles. The molecule has 0 unspecified atom stereocenters. The van der Waals surface area contributed by atoms with Crippen molar-refractivity contribution in [2.45, 2.75) is 30.6 Å². The van der Waals surface area contributed by atoms with Crippen LogP contribution < -0.4 is 5.73 Å². The fraction of sp³-hybridized carbons (Fsp3) is 0.200. The minimum atomic E-state index is 0.869. The number of aryl methyl sites for hydroxylation is 3. The van der Waals surface area contributed by atoms with Crippen LogP contribution in [0.25, 0.3) is 0 Å². The zero-order chi connectivity index (χ0) is 12.4. The van der Waals surface area contributed by atoms with E-state index in [-0.39, 0.29) is 0 Å². The van der Waals surface area contributed by atoms with Crippen molar-refractivity contribution in [1.82, 2.24) is 0 Å². The minimum absolute atomic E-state index is 0.869. The molecule has 0 aromatic heterocycles. The molecule has 0 aliphatic heterocycles. The second-order valence-corrected chi connectivity index (χ2v) is 5.50. The summed E-state index contributed by atoms with van der Waals surface area (Å²) in [7, 11) is 0. The van der Waals surface area contributed by atoms with Gasteiger partial charge < -0.3 is 5.73 Å². The van der Waals surface area contributed by atoms with Gasteiger partial charge in [-0.2, -0.15) is 0 Å². The Morgan fingerprint density at radius 1 is 0.882 bits per heavy atom. The zero-order valence-corrected chi connectivity index (χ0v) is 11.3. The monoisotopic (exact) mass is 243 g/mol. The topological polar surface area (TPSA) is 26.0 Å². The van der Waals surface area contributed by atoms with Gasteiger partial charge in [0.05, 0.1) is 0 Å². The molecule has 2 N–H and O–H groups in total. The molecule has 0 heterocycles. The van der Waals surface area contributed by atoms with Crippen molar-refractivity contribution in [2.24, 2.45) is 0 Å². The van der Waals surface area contributed by atoms with E-state index in [9.17, 15) is 0 Å². The Morgan fingerprint density at radius 3 is 2.12 bits per heavy atom. The van der Waals surface area contributed by atoms with Gasteiger partial charge in [-0.25, -0.2) is 0 Å². The third kappa shape index (κ3) is 2.83. The normalized spacial score (nSPS) is 10.5. The molecular weight excluding hydrogens is 226 g/mol. The number of benzene rings is 2. The predicted molar refractivity (Wildman–Crippen MR) is 75.6 cm³/mol. The molecule has 17 heavy (non-hydrogen) atoms. The average Bonchev–Trinajstić information content (AvgIpc) is 2.26. The van der Waals surface area contributed by atoms with Crippen LogP contribution in [0.1, 0.15) is 16.7 Å². The molecule has 0 radical (unpaired) electrons. The van der Waals surface area contributed by atoms with Crippen molar-refractivity contribution in [2.75, 3.05) is 5.73 Å². The van der Waals surface area contributed by atoms with Crippen LogP contribution in [0.2, 0.25) is 0 Å². The molecule has 0 aliphatic rings. The summed E-state index contributed by atoms with van der Waals surface area (Å²) in [6.07, 6.45) is 0. The maximum absolute atomic E-state index is 6.08. The highest BCUT2D eigenvalue weighted by atomic mass is 32.2. The highest BCUT2D eigenvalue weighted by Gasteiger charge is 2.06. The first-order chi connectivity index (χ1) is 8.06. The molecule has 2 rings (SSSR count). The van der Waals surface area contributed by atoms with E-state index in [1.807, 2.05) is 6.07 Å². The van der Waals surface area contributed by atoms with Crippen LogP contribution in [0, 0.1) is 20.8 Å². The van der Waals surface area contributed by atoms with E-state index < -0.39 is 0 Å². The summed E-state index contributed by atoms with van der Waals surface area (Å²) in [4.78, 5) is 2.40. The molecule has 0 aliphatic carbocycles. The highest BCUT2D eigenvalue weighted by Crippen LogP contribution is 2.35. The number of nitrogen functional groups attached to an aromatic ring is 1. The molecule has 0 bridgehead atoms. The van der Waals surface area contributed by atoms with Crippen LogP contribution in [0.15, 0.2) is 46.2 Å². The first-order valence-electron chi connectivity index (χ1n) is 5.67. The first-order valence-corrected chi connectivity index (χ1v) is 6.49. The molecule has 2 aromatic rings. The van der Waals surface area contributed by atoms with Crippen LogP contribution >= 0.6 is 11.8 Å². The molecule has 0 spiro atoms. The third-order valence-corrected chi connectivity index (χ3v) is 3.96. The summed E-state index contributed by atoms with van der Waals surface area (Å²) in [5.41, 5.74) is 10.7. The van der Waals surface area contributed by atoms with Crippen molar-refractivity contribution < 1.29 is 0 Å². The molecule has 88 valence electrons. The second kappa shape index (κ2) is 4.84. The lowest BCUT2D eigenvalue weighted by Gasteiger charge is -2.10. The van der Waals surface area contributed by atoms with Crippen molar-refractivity contribution >= 4 is 17.4 Å². The second-order valence-electron chi connectivity index (χ2n) is 4.42. The first kappa shape index (κ1) is 12.1. The van der Waals surface area contributed by atoms with Gasteiger partial charge in [0, 0.05) is 15.5 Å². The lowest BCUT2D eigenvalue weighted by atomic mass is 10.1. The van der Waals surface area contributed by atoms with E-state index in [0.29, 0.717) is 0 Å². The van der Waals surface area contributed by atoms with Gasteiger partial charge >= 0.3 is 0 Å². The van der Waals surface area contributed by atoms with Crippen molar-refractivity contribution in [3.8, 4) is 0 Å². The molecular formula is C15H17NS. The quantitative estimate of drug-likeness (QED) is 0.794. The molecule has 2 aromatic carbocycles. The smallest absolute Gasteiger partial charge is 0.0461 e. The number of hydrogen-bond donors (Lipinski definition) is 1. The van der Waals surface area contributed by atoms with Crippen LogP contribution in [0.3, 0.4) is 0 Å². The van der Waals surface area contributed by atoms with Gasteiger partial charge in [0.1, 0.15) is 0 Å². The van der Waals surface area contributed by atoms with Crippen LogP contribution in [-0.2, 0) is 0 Å². The molecule has 1 nitrogen and oxygen atoms in total. The Morgan fingerprint density at radius 2 is 1.53 bits per heavy atom. The summed E-state index contributed by atoms with van der Waals surface area (Å²) >= 11 is 1.73. The number of nitrogens with two attached hydrogens (primary N) is 1. The number of hydrogen-bond acceptors (Lipinski definition) is 2. The predicted octanol–water partition coefficient (Wildman–Crippen LogP) is 4.35. The molecule has 0 atom stereocenters. The minimum Gasteiger partial charge on any atom is -0.398 e. The number of anilines is 1. The van der Waals surface area contributed by atoms with Gasteiger partial charge in [-0.3, -0.25) is 0 Å². The van der Waals surface area contributed by atoms with Crippen LogP contribution in [0.5, 0.6) is 0 Å². The van der Waals surface area contributed by atoms with E-state index in [2.05, 4.69) is 51.1 Å². The van der Waals surface area contributed by atoms with Crippen molar-refractivity contribution in [3.05, 3.63) is 53.1 Å². The van der Waals surface area contributed by atoms with E-state index in [4.69, 9.17) is 5.73 Å². The number of rotatable bonds is 2. The Kier molecular flexibility index (Phi) is 3.43. The fourth-order valence-electron chi connectivity index (χ4n) is 1.85. The van der Waals surface area contributed by atoms with Gasteiger partial charge in [-0.1, -0.05) is 35.5 Å². The van der Waals surface area contributed by atoms with E-state index in [1.165, 1.54) is 26.5 Å². The van der Waals surface area contributed by atoms with Gasteiger partial charge in [0.25, 0.3) is 0 Å². The maximum atomic E-state index is 6.08. The van der Waals surface area contributed by atoms with Crippen LogP contribution in [-0.4, -0.2) is 0 Å². The Balaban J connectivity index is 2.33. The van der Waals surface area contributed by atoms with Crippen molar-refractivity contribution in [1.29, 1.82) is 0 Å². The highest BCUT2D eigenvalue weighted by molar-refractivity contribution is 7.99. The van der Waals surface area contributed by atoms with Gasteiger partial charge in [-0.15, -0.1) is 0 Å². The average molecular weight is 243 g/mol.